The Morgan fingerprint density at radius 2 is 1.14 bits per heavy atom. The SMILES string of the molecule is O=S(=O)([O-])[O-].[IH2+].[Na+]. The zero-order chi connectivity index (χ0) is 4.50. The minimum Gasteiger partial charge on any atom is -0.759 e. The minimum absolute atomic E-state index is 0. The molecule has 40 valence electrons. The van der Waals surface area contributed by atoms with Crippen LogP contribution in [-0.2, 0) is 10.4 Å². The zero-order valence-corrected chi connectivity index (χ0v) is 8.86. The quantitative estimate of drug-likeness (QED) is 0.184. The van der Waals surface area contributed by atoms with E-state index < -0.39 is 10.4 Å². The second-order valence-electron chi connectivity index (χ2n) is 0.408. The number of halogens is 1. The molecule has 0 aliphatic heterocycles. The van der Waals surface area contributed by atoms with Crippen LogP contribution in [0.2, 0.25) is 0 Å². The van der Waals surface area contributed by atoms with Crippen LogP contribution in [0.3, 0.4) is 0 Å². The fraction of sp³-hybridized carbons (Fsp3) is 0. The van der Waals surface area contributed by atoms with E-state index >= 15 is 0 Å². The van der Waals surface area contributed by atoms with Crippen molar-refractivity contribution in [3.05, 3.63) is 0 Å². The Hall–Kier alpha value is 1.60. The summed E-state index contributed by atoms with van der Waals surface area (Å²) in [7, 11) is -5.17. The van der Waals surface area contributed by atoms with Crippen LogP contribution < -0.4 is 53.5 Å². The van der Waals surface area contributed by atoms with Crippen LogP contribution in [0, 0.1) is 0 Å². The molecule has 0 fully saturated rings. The minimum atomic E-state index is -5.17. The van der Waals surface area contributed by atoms with Gasteiger partial charge in [-0.2, -0.15) is 0 Å². The maximum absolute atomic E-state index is 8.52. The predicted octanol–water partition coefficient (Wildman–Crippen LogP) is -7.87. The average molecular weight is 248 g/mol. The largest absolute Gasteiger partial charge is 1.00 e. The molecular weight excluding hydrogens is 246 g/mol. The van der Waals surface area contributed by atoms with Gasteiger partial charge in [-0.3, -0.25) is 8.42 Å². The molecule has 0 spiro atoms. The summed E-state index contributed by atoms with van der Waals surface area (Å²) >= 11 is 0. The van der Waals surface area contributed by atoms with Gasteiger partial charge in [-0.05, 0) is 0 Å². The molecule has 4 nitrogen and oxygen atoms in total. The van der Waals surface area contributed by atoms with Gasteiger partial charge < -0.3 is 9.11 Å². The van der Waals surface area contributed by atoms with Gasteiger partial charge in [-0.1, -0.05) is 0 Å². The van der Waals surface area contributed by atoms with Crippen molar-refractivity contribution < 1.29 is 71.1 Å². The summed E-state index contributed by atoms with van der Waals surface area (Å²) in [6, 6.07) is 0. The molecule has 0 heterocycles. The Kier molecular flexibility index (Phi) is 13.0. The van der Waals surface area contributed by atoms with Crippen molar-refractivity contribution in [1.82, 2.24) is 0 Å². The fourth-order valence-electron chi connectivity index (χ4n) is 0. The van der Waals surface area contributed by atoms with Crippen molar-refractivity contribution in [2.45, 2.75) is 0 Å². The van der Waals surface area contributed by atoms with E-state index in [-0.39, 0.29) is 53.5 Å². The standard InChI is InChI=1S/H2I.Na.H2O4S/c;;1-5(2,3)4/h1H2;;(H2,1,2,3,4)/q2*+1;/p-2. The maximum atomic E-state index is 8.52. The molecule has 0 unspecified atom stereocenters. The molecule has 0 radical (unpaired) electrons. The summed E-state index contributed by atoms with van der Waals surface area (Å²) in [4.78, 5) is 0. The Morgan fingerprint density at radius 1 is 1.14 bits per heavy atom. The van der Waals surface area contributed by atoms with Crippen molar-refractivity contribution in [2.24, 2.45) is 0 Å². The van der Waals surface area contributed by atoms with E-state index in [1.165, 1.54) is 0 Å². The van der Waals surface area contributed by atoms with Crippen LogP contribution in [0.1, 0.15) is 0 Å². The van der Waals surface area contributed by atoms with E-state index in [1.54, 1.807) is 0 Å². The van der Waals surface area contributed by atoms with Crippen molar-refractivity contribution in [3.8, 4) is 0 Å². The van der Waals surface area contributed by atoms with Gasteiger partial charge in [0.2, 0.25) is 24.0 Å². The van der Waals surface area contributed by atoms with Crippen LogP contribution in [-0.4, -0.2) is 17.5 Å². The summed E-state index contributed by atoms with van der Waals surface area (Å²) < 4.78 is 34.1. The fourth-order valence-corrected chi connectivity index (χ4v) is 0. The normalized spacial score (nSPS) is 8.29. The summed E-state index contributed by atoms with van der Waals surface area (Å²) in [6.45, 7) is 0. The van der Waals surface area contributed by atoms with Gasteiger partial charge in [-0.15, -0.1) is 0 Å². The monoisotopic (exact) mass is 248 g/mol. The van der Waals surface area contributed by atoms with Crippen LogP contribution in [0.15, 0.2) is 0 Å². The molecule has 0 atom stereocenters. The van der Waals surface area contributed by atoms with Gasteiger partial charge in [0, 0.05) is 10.4 Å². The maximum Gasteiger partial charge on any atom is 1.00 e. The Balaban J connectivity index is -0.0000000800. The molecule has 0 N–H and O–H groups in total. The van der Waals surface area contributed by atoms with E-state index in [0.29, 0.717) is 0 Å². The summed E-state index contributed by atoms with van der Waals surface area (Å²) in [5.41, 5.74) is 0. The molecule has 0 amide bonds. The van der Waals surface area contributed by atoms with E-state index in [9.17, 15) is 0 Å². The van der Waals surface area contributed by atoms with Crippen molar-refractivity contribution in [1.29, 1.82) is 0 Å². The van der Waals surface area contributed by atoms with Crippen molar-refractivity contribution >= 4 is 10.4 Å². The first-order valence-corrected chi connectivity index (χ1v) is 2.00. The average Bonchev–Trinajstić information content (AvgIpc) is 0.722. The molecule has 0 aromatic heterocycles. The van der Waals surface area contributed by atoms with Crippen LogP contribution in [0.5, 0.6) is 0 Å². The van der Waals surface area contributed by atoms with E-state index in [1.807, 2.05) is 0 Å². The Labute approximate surface area is 80.6 Å². The van der Waals surface area contributed by atoms with Gasteiger partial charge in [0.15, 0.2) is 0 Å². The van der Waals surface area contributed by atoms with E-state index in [4.69, 9.17) is 17.5 Å². The first-order chi connectivity index (χ1) is 2.00. The third-order valence-corrected chi connectivity index (χ3v) is 0. The molecule has 0 aliphatic rings. The topological polar surface area (TPSA) is 80.3 Å². The number of rotatable bonds is 0. The van der Waals surface area contributed by atoms with E-state index in [0.717, 1.165) is 0 Å². The summed E-state index contributed by atoms with van der Waals surface area (Å²) in [5.74, 6) is 0. The summed E-state index contributed by atoms with van der Waals surface area (Å²) in [6.07, 6.45) is 0. The molecule has 7 heteroatoms. The van der Waals surface area contributed by atoms with Crippen molar-refractivity contribution in [3.63, 3.8) is 0 Å². The third kappa shape index (κ3) is 93.1. The molecule has 0 bridgehead atoms. The smallest absolute Gasteiger partial charge is 0.759 e. The molecule has 7 heavy (non-hydrogen) atoms. The Bertz CT molecular complexity index is 94.9. The van der Waals surface area contributed by atoms with Crippen LogP contribution >= 0.6 is 0 Å². The van der Waals surface area contributed by atoms with Crippen molar-refractivity contribution in [2.75, 3.05) is 0 Å². The molecule has 0 saturated heterocycles. The van der Waals surface area contributed by atoms with E-state index in [2.05, 4.69) is 0 Å². The molecule has 0 aromatic carbocycles. The molecule has 0 rings (SSSR count). The number of hydrogen-bond donors (Lipinski definition) is 0. The molecule has 0 aromatic rings. The van der Waals surface area contributed by atoms with Gasteiger partial charge in [0.05, 0.1) is 0 Å². The molecule has 0 aliphatic carbocycles. The second kappa shape index (κ2) is 5.73. The van der Waals surface area contributed by atoms with Gasteiger partial charge in [0.25, 0.3) is 0 Å². The van der Waals surface area contributed by atoms with Gasteiger partial charge >= 0.3 is 29.6 Å². The first-order valence-electron chi connectivity index (χ1n) is 0.667. The summed E-state index contributed by atoms with van der Waals surface area (Å²) in [5, 5.41) is 0. The van der Waals surface area contributed by atoms with Crippen LogP contribution in [0.4, 0.5) is 0 Å². The first kappa shape index (κ1) is 15.8. The second-order valence-corrected chi connectivity index (χ2v) is 1.22. The Morgan fingerprint density at radius 3 is 1.14 bits per heavy atom. The number of hydrogen-bond acceptors (Lipinski definition) is 4. The molecular formula is H2INaO4S. The van der Waals surface area contributed by atoms with Gasteiger partial charge in [0.1, 0.15) is 0 Å². The van der Waals surface area contributed by atoms with Crippen LogP contribution in [0.25, 0.3) is 0 Å². The predicted molar refractivity (Wildman–Crippen MR) is 13.3 cm³/mol. The van der Waals surface area contributed by atoms with Gasteiger partial charge in [-0.25, -0.2) is 0 Å². The third-order valence-electron chi connectivity index (χ3n) is 0. The zero-order valence-electron chi connectivity index (χ0n) is 3.49. The molecule has 0 saturated carbocycles.